The van der Waals surface area contributed by atoms with Gasteiger partial charge in [-0.1, -0.05) is 24.6 Å². The first-order valence-corrected chi connectivity index (χ1v) is 6.44. The van der Waals surface area contributed by atoms with Gasteiger partial charge in [0.15, 0.2) is 0 Å². The fourth-order valence-corrected chi connectivity index (χ4v) is 3.73. The predicted molar refractivity (Wildman–Crippen MR) is 63.8 cm³/mol. The molecule has 0 aromatic carbocycles. The maximum Gasteiger partial charge on any atom is 0.0401 e. The van der Waals surface area contributed by atoms with Gasteiger partial charge in [0.25, 0.3) is 0 Å². The van der Waals surface area contributed by atoms with Crippen molar-refractivity contribution < 1.29 is 0 Å². The van der Waals surface area contributed by atoms with Gasteiger partial charge in [0.1, 0.15) is 0 Å². The molecule has 0 spiro atoms. The minimum absolute atomic E-state index is 0.397. The Kier molecular flexibility index (Phi) is 2.24. The third-order valence-electron chi connectivity index (χ3n) is 4.69. The van der Waals surface area contributed by atoms with Crippen LogP contribution in [0.1, 0.15) is 45.4 Å². The second-order valence-corrected chi connectivity index (χ2v) is 5.48. The van der Waals surface area contributed by atoms with Crippen LogP contribution in [0.25, 0.3) is 0 Å². The summed E-state index contributed by atoms with van der Waals surface area (Å²) in [6.45, 7) is 3.80. The molecule has 1 aliphatic carbocycles. The average Bonchev–Trinajstić information content (AvgIpc) is 2.88. The van der Waals surface area contributed by atoms with Gasteiger partial charge < -0.3 is 0 Å². The van der Waals surface area contributed by atoms with E-state index in [1.165, 1.54) is 45.1 Å². The van der Waals surface area contributed by atoms with Gasteiger partial charge in [-0.3, -0.25) is 4.90 Å². The Hall–Kier alpha value is -0.560. The molecule has 2 atom stereocenters. The molecule has 2 unspecified atom stereocenters. The molecule has 0 saturated carbocycles. The van der Waals surface area contributed by atoms with Crippen LogP contribution in [-0.2, 0) is 0 Å². The van der Waals surface area contributed by atoms with E-state index >= 15 is 0 Å². The molecule has 0 N–H and O–H groups in total. The van der Waals surface area contributed by atoms with Gasteiger partial charge in [0, 0.05) is 11.6 Å². The molecular weight excluding hydrogens is 182 g/mol. The zero-order valence-electron chi connectivity index (χ0n) is 9.71. The highest BCUT2D eigenvalue weighted by atomic mass is 15.3. The molecule has 0 aromatic heterocycles. The summed E-state index contributed by atoms with van der Waals surface area (Å²) in [5.41, 5.74) is 2.06. The molecule has 1 heteroatoms. The lowest BCUT2D eigenvalue weighted by molar-refractivity contribution is 0.107. The summed E-state index contributed by atoms with van der Waals surface area (Å²) in [5.74, 6) is 0. The highest BCUT2D eigenvalue weighted by Crippen LogP contribution is 2.44. The van der Waals surface area contributed by atoms with Crippen LogP contribution in [0, 0.1) is 0 Å². The lowest BCUT2D eigenvalue weighted by Gasteiger charge is -2.42. The van der Waals surface area contributed by atoms with Gasteiger partial charge in [-0.05, 0) is 51.1 Å². The average molecular weight is 203 g/mol. The van der Waals surface area contributed by atoms with E-state index in [4.69, 9.17) is 0 Å². The molecule has 0 amide bonds. The van der Waals surface area contributed by atoms with Crippen LogP contribution in [0.3, 0.4) is 0 Å². The maximum absolute atomic E-state index is 2.80. The third-order valence-corrected chi connectivity index (χ3v) is 4.69. The van der Waals surface area contributed by atoms with Gasteiger partial charge in [-0.2, -0.15) is 0 Å². The molecule has 2 fully saturated rings. The SMILES string of the molecule is CC1(C2=CC=CC2)CCC2CCCCN21. The summed E-state index contributed by atoms with van der Waals surface area (Å²) in [4.78, 5) is 2.80. The Labute approximate surface area is 92.8 Å². The summed E-state index contributed by atoms with van der Waals surface area (Å²) in [7, 11) is 0. The van der Waals surface area contributed by atoms with E-state index in [2.05, 4.69) is 30.1 Å². The van der Waals surface area contributed by atoms with Gasteiger partial charge in [0.05, 0.1) is 0 Å². The van der Waals surface area contributed by atoms with Crippen LogP contribution in [0.5, 0.6) is 0 Å². The van der Waals surface area contributed by atoms with Crippen LogP contribution in [0.2, 0.25) is 0 Å². The van der Waals surface area contributed by atoms with Crippen LogP contribution >= 0.6 is 0 Å². The molecule has 0 aromatic rings. The van der Waals surface area contributed by atoms with Crippen molar-refractivity contribution in [1.29, 1.82) is 0 Å². The summed E-state index contributed by atoms with van der Waals surface area (Å²) in [5, 5.41) is 0. The first kappa shape index (κ1) is 9.65. The van der Waals surface area contributed by atoms with E-state index in [1.54, 1.807) is 5.57 Å². The molecule has 82 valence electrons. The summed E-state index contributed by atoms with van der Waals surface area (Å²) >= 11 is 0. The third kappa shape index (κ3) is 1.40. The van der Waals surface area contributed by atoms with Gasteiger partial charge >= 0.3 is 0 Å². The van der Waals surface area contributed by atoms with Crippen molar-refractivity contribution in [2.45, 2.75) is 57.0 Å². The normalized spacial score (nSPS) is 40.6. The lowest BCUT2D eigenvalue weighted by Crippen LogP contribution is -2.48. The largest absolute Gasteiger partial charge is 0.291 e. The van der Waals surface area contributed by atoms with Gasteiger partial charge in [-0.15, -0.1) is 0 Å². The number of hydrogen-bond acceptors (Lipinski definition) is 1. The van der Waals surface area contributed by atoms with E-state index < -0.39 is 0 Å². The molecule has 2 heterocycles. The van der Waals surface area contributed by atoms with Crippen molar-refractivity contribution in [2.24, 2.45) is 0 Å². The Morgan fingerprint density at radius 2 is 2.27 bits per heavy atom. The fraction of sp³-hybridized carbons (Fsp3) is 0.714. The van der Waals surface area contributed by atoms with Crippen LogP contribution < -0.4 is 0 Å². The van der Waals surface area contributed by atoms with Crippen molar-refractivity contribution in [2.75, 3.05) is 6.54 Å². The molecule has 0 radical (unpaired) electrons. The van der Waals surface area contributed by atoms with Crippen LogP contribution in [-0.4, -0.2) is 23.0 Å². The molecule has 15 heavy (non-hydrogen) atoms. The van der Waals surface area contributed by atoms with Crippen LogP contribution in [0.15, 0.2) is 23.8 Å². The summed E-state index contributed by atoms with van der Waals surface area (Å²) in [6.07, 6.45) is 15.2. The second-order valence-electron chi connectivity index (χ2n) is 5.48. The van der Waals surface area contributed by atoms with E-state index in [1.807, 2.05) is 0 Å². The minimum atomic E-state index is 0.397. The molecule has 2 aliphatic heterocycles. The predicted octanol–water partition coefficient (Wildman–Crippen LogP) is 3.28. The monoisotopic (exact) mass is 203 g/mol. The van der Waals surface area contributed by atoms with Crippen molar-refractivity contribution >= 4 is 0 Å². The summed E-state index contributed by atoms with van der Waals surface area (Å²) in [6, 6.07) is 0.894. The fourth-order valence-electron chi connectivity index (χ4n) is 3.73. The molecule has 0 bridgehead atoms. The maximum atomic E-state index is 2.80. The highest BCUT2D eigenvalue weighted by molar-refractivity contribution is 5.33. The Balaban J connectivity index is 1.85. The summed E-state index contributed by atoms with van der Waals surface area (Å²) < 4.78 is 0. The Bertz CT molecular complexity index is 315. The number of hydrogen-bond donors (Lipinski definition) is 0. The standard InChI is InChI=1S/C14H21N/c1-14(12-6-2-3-7-12)10-9-13-8-4-5-11-15(13)14/h2-3,6,13H,4-5,7-11H2,1H3. The van der Waals surface area contributed by atoms with E-state index in [0.29, 0.717) is 5.54 Å². The van der Waals surface area contributed by atoms with Crippen molar-refractivity contribution in [1.82, 2.24) is 4.90 Å². The van der Waals surface area contributed by atoms with Crippen LogP contribution in [0.4, 0.5) is 0 Å². The number of rotatable bonds is 1. The number of piperidine rings is 1. The topological polar surface area (TPSA) is 3.24 Å². The van der Waals surface area contributed by atoms with Gasteiger partial charge in [-0.25, -0.2) is 0 Å². The molecule has 2 saturated heterocycles. The number of fused-ring (bicyclic) bond motifs is 1. The Morgan fingerprint density at radius 1 is 1.33 bits per heavy atom. The van der Waals surface area contributed by atoms with Gasteiger partial charge in [0.2, 0.25) is 0 Å². The van der Waals surface area contributed by atoms with Crippen molar-refractivity contribution in [3.05, 3.63) is 23.8 Å². The first-order valence-electron chi connectivity index (χ1n) is 6.44. The first-order chi connectivity index (χ1) is 7.31. The van der Waals surface area contributed by atoms with Crippen molar-refractivity contribution in [3.8, 4) is 0 Å². The van der Waals surface area contributed by atoms with E-state index in [-0.39, 0.29) is 0 Å². The molecule has 1 nitrogen and oxygen atoms in total. The zero-order valence-corrected chi connectivity index (χ0v) is 9.71. The molecule has 3 aliphatic rings. The lowest BCUT2D eigenvalue weighted by atomic mass is 9.88. The molecule has 3 rings (SSSR count). The Morgan fingerprint density at radius 3 is 3.07 bits per heavy atom. The zero-order chi connectivity index (χ0) is 10.3. The quantitative estimate of drug-likeness (QED) is 0.632. The number of nitrogens with zero attached hydrogens (tertiary/aromatic N) is 1. The minimum Gasteiger partial charge on any atom is -0.291 e. The smallest absolute Gasteiger partial charge is 0.0401 e. The van der Waals surface area contributed by atoms with E-state index in [0.717, 1.165) is 6.04 Å². The van der Waals surface area contributed by atoms with Crippen molar-refractivity contribution in [3.63, 3.8) is 0 Å². The number of allylic oxidation sites excluding steroid dienone is 3. The highest BCUT2D eigenvalue weighted by Gasteiger charge is 2.45. The second kappa shape index (κ2) is 3.48. The van der Waals surface area contributed by atoms with E-state index in [9.17, 15) is 0 Å². The molecular formula is C14H21N.